The molecule has 7 nitrogen and oxygen atoms in total. The fraction of sp³-hybridized carbons (Fsp3) is 0.222. The van der Waals surface area contributed by atoms with Crippen molar-refractivity contribution < 1.29 is 14.6 Å². The number of tetrazole rings is 1. The summed E-state index contributed by atoms with van der Waals surface area (Å²) in [5.41, 5.74) is 1.48. The van der Waals surface area contributed by atoms with Crippen molar-refractivity contribution in [2.45, 2.75) is 19.6 Å². The monoisotopic (exact) mass is 338 g/mol. The van der Waals surface area contributed by atoms with E-state index in [0.717, 1.165) is 5.56 Å². The number of carbonyl (C=O) groups is 1. The molecular weight excluding hydrogens is 320 g/mol. The molecule has 0 radical (unpaired) electrons. The summed E-state index contributed by atoms with van der Waals surface area (Å²) in [6.07, 6.45) is -0.787. The molecule has 1 unspecified atom stereocenters. The van der Waals surface area contributed by atoms with Gasteiger partial charge < -0.3 is 9.84 Å². The molecule has 0 spiro atoms. The average molecular weight is 338 g/mol. The van der Waals surface area contributed by atoms with Gasteiger partial charge in [-0.1, -0.05) is 30.3 Å². The number of carbonyl (C=O) groups excluding carboxylic acids is 1. The third kappa shape index (κ3) is 4.48. The van der Waals surface area contributed by atoms with Crippen LogP contribution in [-0.2, 0) is 6.54 Å². The van der Waals surface area contributed by atoms with Crippen molar-refractivity contribution >= 4 is 5.78 Å². The van der Waals surface area contributed by atoms with Gasteiger partial charge in [0.05, 0.1) is 6.54 Å². The fourth-order valence-corrected chi connectivity index (χ4v) is 2.24. The van der Waals surface area contributed by atoms with Gasteiger partial charge in [-0.2, -0.15) is 4.80 Å². The molecule has 3 rings (SSSR count). The Kier molecular flexibility index (Phi) is 5.15. The Morgan fingerprint density at radius 2 is 1.88 bits per heavy atom. The van der Waals surface area contributed by atoms with Crippen LogP contribution in [0.3, 0.4) is 0 Å². The van der Waals surface area contributed by atoms with Gasteiger partial charge in [0.25, 0.3) is 0 Å². The molecule has 7 heteroatoms. The molecule has 0 fully saturated rings. The average Bonchev–Trinajstić information content (AvgIpc) is 3.09. The lowest BCUT2D eigenvalue weighted by Gasteiger charge is -2.11. The number of aliphatic hydroxyl groups is 1. The van der Waals surface area contributed by atoms with E-state index in [0.29, 0.717) is 17.1 Å². The second-order valence-electron chi connectivity index (χ2n) is 5.58. The molecule has 1 atom stereocenters. The van der Waals surface area contributed by atoms with Crippen LogP contribution in [0.25, 0.3) is 11.4 Å². The molecule has 0 amide bonds. The van der Waals surface area contributed by atoms with Gasteiger partial charge in [0, 0.05) is 11.1 Å². The molecule has 0 saturated carbocycles. The van der Waals surface area contributed by atoms with E-state index in [1.807, 2.05) is 30.3 Å². The summed E-state index contributed by atoms with van der Waals surface area (Å²) in [6, 6.07) is 16.3. The molecule has 1 heterocycles. The maximum Gasteiger partial charge on any atom is 0.204 e. The number of hydrogen-bond acceptors (Lipinski definition) is 6. The first-order valence-electron chi connectivity index (χ1n) is 7.87. The van der Waals surface area contributed by atoms with Gasteiger partial charge in [-0.25, -0.2) is 0 Å². The lowest BCUT2D eigenvalue weighted by molar-refractivity contribution is 0.0849. The molecule has 1 N–H and O–H groups in total. The SMILES string of the molecule is CC(=O)c1ccc(OCC(O)Cn2nnc(-c3ccccc3)n2)cc1. The summed E-state index contributed by atoms with van der Waals surface area (Å²) >= 11 is 0. The normalized spacial score (nSPS) is 11.9. The van der Waals surface area contributed by atoms with Gasteiger partial charge >= 0.3 is 0 Å². The molecule has 1 aromatic heterocycles. The first-order chi connectivity index (χ1) is 12.1. The van der Waals surface area contributed by atoms with Crippen molar-refractivity contribution in [3.63, 3.8) is 0 Å². The highest BCUT2D eigenvalue weighted by atomic mass is 16.5. The minimum absolute atomic E-state index is 0.00179. The summed E-state index contributed by atoms with van der Waals surface area (Å²) < 4.78 is 5.52. The van der Waals surface area contributed by atoms with E-state index in [1.54, 1.807) is 24.3 Å². The zero-order chi connectivity index (χ0) is 17.6. The highest BCUT2D eigenvalue weighted by Gasteiger charge is 2.11. The molecular formula is C18H18N4O3. The van der Waals surface area contributed by atoms with E-state index in [2.05, 4.69) is 15.4 Å². The maximum absolute atomic E-state index is 11.2. The van der Waals surface area contributed by atoms with Gasteiger partial charge in [0.15, 0.2) is 5.78 Å². The predicted octanol–water partition coefficient (Wildman–Crippen LogP) is 1.98. The van der Waals surface area contributed by atoms with Crippen molar-refractivity contribution in [3.05, 3.63) is 60.2 Å². The van der Waals surface area contributed by atoms with E-state index in [1.165, 1.54) is 11.7 Å². The van der Waals surface area contributed by atoms with Crippen LogP contribution < -0.4 is 4.74 Å². The minimum Gasteiger partial charge on any atom is -0.491 e. The number of nitrogens with zero attached hydrogens (tertiary/aromatic N) is 4. The quantitative estimate of drug-likeness (QED) is 0.663. The van der Waals surface area contributed by atoms with Crippen molar-refractivity contribution in [1.29, 1.82) is 0 Å². The highest BCUT2D eigenvalue weighted by molar-refractivity contribution is 5.94. The van der Waals surface area contributed by atoms with Crippen molar-refractivity contribution in [3.8, 4) is 17.1 Å². The highest BCUT2D eigenvalue weighted by Crippen LogP contribution is 2.14. The third-order valence-electron chi connectivity index (χ3n) is 3.56. The molecule has 0 aliphatic heterocycles. The zero-order valence-electron chi connectivity index (χ0n) is 13.7. The number of rotatable bonds is 7. The number of ether oxygens (including phenoxy) is 1. The van der Waals surface area contributed by atoms with Crippen molar-refractivity contribution in [1.82, 2.24) is 20.2 Å². The molecule has 2 aromatic carbocycles. The predicted molar refractivity (Wildman–Crippen MR) is 91.2 cm³/mol. The Labute approximate surface area is 144 Å². The number of benzene rings is 2. The van der Waals surface area contributed by atoms with Crippen molar-refractivity contribution in [2.24, 2.45) is 0 Å². The summed E-state index contributed by atoms with van der Waals surface area (Å²) in [5.74, 6) is 1.09. The first kappa shape index (κ1) is 16.8. The summed E-state index contributed by atoms with van der Waals surface area (Å²) in [5, 5.41) is 22.2. The van der Waals surface area contributed by atoms with E-state index in [9.17, 15) is 9.90 Å². The van der Waals surface area contributed by atoms with Crippen LogP contribution in [0.5, 0.6) is 5.75 Å². The summed E-state index contributed by atoms with van der Waals surface area (Å²) in [6.45, 7) is 1.77. The van der Waals surface area contributed by atoms with Crippen molar-refractivity contribution in [2.75, 3.05) is 6.61 Å². The van der Waals surface area contributed by atoms with E-state index in [4.69, 9.17) is 4.74 Å². The van der Waals surface area contributed by atoms with Gasteiger partial charge in [0.2, 0.25) is 5.82 Å². The van der Waals surface area contributed by atoms with Crippen LogP contribution >= 0.6 is 0 Å². The standard InChI is InChI=1S/C18H18N4O3/c1-13(23)14-7-9-17(10-8-14)25-12-16(24)11-22-20-18(19-21-22)15-5-3-2-4-6-15/h2-10,16,24H,11-12H2,1H3. The van der Waals surface area contributed by atoms with Gasteiger partial charge in [-0.15, -0.1) is 10.2 Å². The number of ketones is 1. The Morgan fingerprint density at radius 3 is 2.56 bits per heavy atom. The Hall–Kier alpha value is -3.06. The summed E-state index contributed by atoms with van der Waals surface area (Å²) in [4.78, 5) is 12.6. The number of Topliss-reactive ketones (excluding diaryl/α,β-unsaturated/α-hetero) is 1. The molecule has 128 valence electrons. The number of hydrogen-bond donors (Lipinski definition) is 1. The third-order valence-corrected chi connectivity index (χ3v) is 3.56. The smallest absolute Gasteiger partial charge is 0.204 e. The van der Waals surface area contributed by atoms with Gasteiger partial charge in [-0.05, 0) is 36.4 Å². The van der Waals surface area contributed by atoms with Crippen LogP contribution in [0.2, 0.25) is 0 Å². The molecule has 0 aliphatic carbocycles. The maximum atomic E-state index is 11.2. The first-order valence-corrected chi connectivity index (χ1v) is 7.87. The Balaban J connectivity index is 1.53. The second-order valence-corrected chi connectivity index (χ2v) is 5.58. The summed E-state index contributed by atoms with van der Waals surface area (Å²) in [7, 11) is 0. The van der Waals surface area contributed by atoms with Crippen LogP contribution in [0.4, 0.5) is 0 Å². The van der Waals surface area contributed by atoms with Crippen LogP contribution in [0.1, 0.15) is 17.3 Å². The fourth-order valence-electron chi connectivity index (χ4n) is 2.24. The van der Waals surface area contributed by atoms with E-state index < -0.39 is 6.10 Å². The molecule has 0 bridgehead atoms. The molecule has 3 aromatic rings. The molecule has 25 heavy (non-hydrogen) atoms. The lowest BCUT2D eigenvalue weighted by Crippen LogP contribution is -2.25. The number of aromatic nitrogens is 4. The Morgan fingerprint density at radius 1 is 1.16 bits per heavy atom. The van der Waals surface area contributed by atoms with E-state index in [-0.39, 0.29) is 18.9 Å². The molecule has 0 aliphatic rings. The number of aliphatic hydroxyl groups excluding tert-OH is 1. The van der Waals surface area contributed by atoms with Gasteiger partial charge in [0.1, 0.15) is 18.5 Å². The van der Waals surface area contributed by atoms with Crippen LogP contribution in [-0.4, -0.2) is 43.8 Å². The zero-order valence-corrected chi connectivity index (χ0v) is 13.7. The lowest BCUT2D eigenvalue weighted by atomic mass is 10.1. The largest absolute Gasteiger partial charge is 0.491 e. The van der Waals surface area contributed by atoms with Crippen LogP contribution in [0.15, 0.2) is 54.6 Å². The second kappa shape index (κ2) is 7.67. The van der Waals surface area contributed by atoms with E-state index >= 15 is 0 Å². The Bertz CT molecular complexity index is 831. The van der Waals surface area contributed by atoms with Crippen LogP contribution in [0, 0.1) is 0 Å². The minimum atomic E-state index is -0.787. The van der Waals surface area contributed by atoms with Gasteiger partial charge in [-0.3, -0.25) is 4.79 Å². The molecule has 0 saturated heterocycles. The topological polar surface area (TPSA) is 90.1 Å².